The predicted molar refractivity (Wildman–Crippen MR) is 107 cm³/mol. The van der Waals surface area contributed by atoms with Crippen molar-refractivity contribution >= 4 is 29.3 Å². The monoisotopic (exact) mass is 384 g/mol. The number of amides is 1. The largest absolute Gasteiger partial charge is 0.490 e. The zero-order valence-electron chi connectivity index (χ0n) is 15.5. The van der Waals surface area contributed by atoms with E-state index in [4.69, 9.17) is 21.1 Å². The Kier molecular flexibility index (Phi) is 7.27. The summed E-state index contributed by atoms with van der Waals surface area (Å²) in [5, 5.41) is 12.7. The lowest BCUT2D eigenvalue weighted by molar-refractivity contribution is -0.112. The number of nitriles is 1. The molecule has 2 aromatic rings. The van der Waals surface area contributed by atoms with Crippen molar-refractivity contribution in [3.8, 4) is 17.6 Å². The van der Waals surface area contributed by atoms with Crippen molar-refractivity contribution in [1.82, 2.24) is 0 Å². The number of nitrogens with zero attached hydrogens (tertiary/aromatic N) is 1. The molecule has 27 heavy (non-hydrogen) atoms. The van der Waals surface area contributed by atoms with Crippen LogP contribution < -0.4 is 14.8 Å². The number of aryl methyl sites for hydroxylation is 1. The smallest absolute Gasteiger partial charge is 0.266 e. The fourth-order valence-electron chi connectivity index (χ4n) is 2.43. The molecular weight excluding hydrogens is 364 g/mol. The highest BCUT2D eigenvalue weighted by Gasteiger charge is 2.12. The van der Waals surface area contributed by atoms with Crippen LogP contribution in [0.1, 0.15) is 25.0 Å². The van der Waals surface area contributed by atoms with E-state index in [0.29, 0.717) is 41.0 Å². The number of anilines is 1. The minimum absolute atomic E-state index is 0.0176. The third kappa shape index (κ3) is 5.50. The average molecular weight is 385 g/mol. The normalized spacial score (nSPS) is 10.9. The Morgan fingerprint density at radius 1 is 1.15 bits per heavy atom. The maximum Gasteiger partial charge on any atom is 0.266 e. The minimum atomic E-state index is -0.491. The molecule has 0 unspecified atom stereocenters. The summed E-state index contributed by atoms with van der Waals surface area (Å²) < 4.78 is 11.1. The lowest BCUT2D eigenvalue weighted by Crippen LogP contribution is -2.14. The highest BCUT2D eigenvalue weighted by molar-refractivity contribution is 6.30. The van der Waals surface area contributed by atoms with E-state index in [1.807, 2.05) is 26.8 Å². The van der Waals surface area contributed by atoms with Crippen LogP contribution in [0.3, 0.4) is 0 Å². The Labute approximate surface area is 164 Å². The Morgan fingerprint density at radius 3 is 2.48 bits per heavy atom. The average Bonchev–Trinajstić information content (AvgIpc) is 2.64. The van der Waals surface area contributed by atoms with Crippen molar-refractivity contribution in [3.05, 3.63) is 58.1 Å². The third-order valence-corrected chi connectivity index (χ3v) is 3.92. The van der Waals surface area contributed by atoms with E-state index in [1.54, 1.807) is 36.4 Å². The minimum Gasteiger partial charge on any atom is -0.490 e. The van der Waals surface area contributed by atoms with Crippen LogP contribution in [-0.2, 0) is 4.79 Å². The van der Waals surface area contributed by atoms with Crippen molar-refractivity contribution in [2.24, 2.45) is 0 Å². The number of carbonyl (C=O) groups excluding carboxylic acids is 1. The molecular formula is C21H21ClN2O3. The number of rotatable bonds is 7. The molecule has 0 aliphatic heterocycles. The lowest BCUT2D eigenvalue weighted by atomic mass is 10.1. The van der Waals surface area contributed by atoms with E-state index < -0.39 is 5.91 Å². The van der Waals surface area contributed by atoms with E-state index in [1.165, 1.54) is 6.08 Å². The van der Waals surface area contributed by atoms with Crippen LogP contribution in [0.4, 0.5) is 5.69 Å². The highest BCUT2D eigenvalue weighted by Crippen LogP contribution is 2.29. The number of ether oxygens (including phenoxy) is 2. The fourth-order valence-corrected chi connectivity index (χ4v) is 2.66. The van der Waals surface area contributed by atoms with Gasteiger partial charge >= 0.3 is 0 Å². The second-order valence-electron chi connectivity index (χ2n) is 5.66. The summed E-state index contributed by atoms with van der Waals surface area (Å²) in [5.74, 6) is 0.699. The molecule has 140 valence electrons. The van der Waals surface area contributed by atoms with Crippen LogP contribution >= 0.6 is 11.6 Å². The molecule has 0 spiro atoms. The number of benzene rings is 2. The number of carbonyl (C=O) groups is 1. The molecule has 0 saturated carbocycles. The molecule has 1 N–H and O–H groups in total. The van der Waals surface area contributed by atoms with Crippen LogP contribution in [0.5, 0.6) is 11.5 Å². The van der Waals surface area contributed by atoms with Gasteiger partial charge in [-0.15, -0.1) is 0 Å². The molecule has 0 heterocycles. The maximum atomic E-state index is 12.5. The zero-order chi connectivity index (χ0) is 19.8. The van der Waals surface area contributed by atoms with Crippen LogP contribution in [0.25, 0.3) is 6.08 Å². The summed E-state index contributed by atoms with van der Waals surface area (Å²) >= 11 is 5.93. The van der Waals surface area contributed by atoms with Gasteiger partial charge in [-0.1, -0.05) is 17.7 Å². The first kappa shape index (κ1) is 20.3. The van der Waals surface area contributed by atoms with Gasteiger partial charge in [0.05, 0.1) is 13.2 Å². The Bertz CT molecular complexity index is 901. The maximum absolute atomic E-state index is 12.5. The molecule has 0 aliphatic rings. The summed E-state index contributed by atoms with van der Waals surface area (Å²) in [4.78, 5) is 12.5. The number of halogens is 1. The molecule has 0 radical (unpaired) electrons. The van der Waals surface area contributed by atoms with Crippen molar-refractivity contribution in [2.45, 2.75) is 20.8 Å². The van der Waals surface area contributed by atoms with Gasteiger partial charge in [0.15, 0.2) is 11.5 Å². The first-order valence-electron chi connectivity index (χ1n) is 8.57. The summed E-state index contributed by atoms with van der Waals surface area (Å²) in [7, 11) is 0. The molecule has 1 amide bonds. The topological polar surface area (TPSA) is 71.3 Å². The van der Waals surface area contributed by atoms with Gasteiger partial charge in [-0.3, -0.25) is 4.79 Å². The van der Waals surface area contributed by atoms with Gasteiger partial charge in [0.2, 0.25) is 0 Å². The zero-order valence-corrected chi connectivity index (χ0v) is 16.3. The van der Waals surface area contributed by atoms with Gasteiger partial charge in [0.1, 0.15) is 11.6 Å². The SMILES string of the molecule is CCOc1ccc(/C=C(\C#N)C(=O)Nc2ccc(Cl)cc2C)cc1OCC. The van der Waals surface area contributed by atoms with Crippen molar-refractivity contribution in [3.63, 3.8) is 0 Å². The first-order chi connectivity index (χ1) is 13.0. The van der Waals surface area contributed by atoms with E-state index in [9.17, 15) is 10.1 Å². The van der Waals surface area contributed by atoms with E-state index in [2.05, 4.69) is 5.32 Å². The molecule has 0 fully saturated rings. The third-order valence-electron chi connectivity index (χ3n) is 3.68. The van der Waals surface area contributed by atoms with E-state index >= 15 is 0 Å². The molecule has 2 rings (SSSR count). The van der Waals surface area contributed by atoms with E-state index in [-0.39, 0.29) is 5.57 Å². The lowest BCUT2D eigenvalue weighted by Gasteiger charge is -2.11. The number of hydrogen-bond donors (Lipinski definition) is 1. The molecule has 5 nitrogen and oxygen atoms in total. The number of hydrogen-bond acceptors (Lipinski definition) is 4. The van der Waals surface area contributed by atoms with Gasteiger partial charge in [-0.2, -0.15) is 5.26 Å². The standard InChI is InChI=1S/C21H21ClN2O3/c1-4-26-19-9-6-15(12-20(19)27-5-2)11-16(13-23)21(25)24-18-8-7-17(22)10-14(18)3/h6-12H,4-5H2,1-3H3,(H,24,25)/b16-11+. The summed E-state index contributed by atoms with van der Waals surface area (Å²) in [5.41, 5.74) is 2.07. The predicted octanol–water partition coefficient (Wildman–Crippen LogP) is 4.99. The van der Waals surface area contributed by atoms with Crippen LogP contribution in [-0.4, -0.2) is 19.1 Å². The second-order valence-corrected chi connectivity index (χ2v) is 6.09. The van der Waals surface area contributed by atoms with Crippen LogP contribution in [0.2, 0.25) is 5.02 Å². The molecule has 0 aliphatic carbocycles. The van der Waals surface area contributed by atoms with Gasteiger partial charge in [-0.25, -0.2) is 0 Å². The summed E-state index contributed by atoms with van der Waals surface area (Å²) in [6, 6.07) is 12.3. The van der Waals surface area contributed by atoms with E-state index in [0.717, 1.165) is 5.56 Å². The molecule has 2 aromatic carbocycles. The fraction of sp³-hybridized carbons (Fsp3) is 0.238. The Morgan fingerprint density at radius 2 is 1.85 bits per heavy atom. The van der Waals surface area contributed by atoms with Crippen molar-refractivity contribution < 1.29 is 14.3 Å². The summed E-state index contributed by atoms with van der Waals surface area (Å²) in [6.45, 7) is 6.59. The highest BCUT2D eigenvalue weighted by atomic mass is 35.5. The molecule has 0 aromatic heterocycles. The van der Waals surface area contributed by atoms with Gasteiger partial charge in [0, 0.05) is 10.7 Å². The number of nitrogens with one attached hydrogen (secondary N) is 1. The Balaban J connectivity index is 2.27. The first-order valence-corrected chi connectivity index (χ1v) is 8.95. The summed E-state index contributed by atoms with van der Waals surface area (Å²) in [6.07, 6.45) is 1.51. The van der Waals surface area contributed by atoms with Gasteiger partial charge in [-0.05, 0) is 68.3 Å². The van der Waals surface area contributed by atoms with Gasteiger partial charge in [0.25, 0.3) is 5.91 Å². The molecule has 0 atom stereocenters. The van der Waals surface area contributed by atoms with Crippen molar-refractivity contribution in [1.29, 1.82) is 5.26 Å². The van der Waals surface area contributed by atoms with Crippen molar-refractivity contribution in [2.75, 3.05) is 18.5 Å². The quantitative estimate of drug-likeness (QED) is 0.539. The molecule has 6 heteroatoms. The Hall–Kier alpha value is -2.97. The molecule has 0 bridgehead atoms. The van der Waals surface area contributed by atoms with Crippen LogP contribution in [0, 0.1) is 18.3 Å². The second kappa shape index (κ2) is 9.65. The van der Waals surface area contributed by atoms with Crippen LogP contribution in [0.15, 0.2) is 42.0 Å². The van der Waals surface area contributed by atoms with Gasteiger partial charge < -0.3 is 14.8 Å². The molecule has 0 saturated heterocycles.